The molecule has 1 unspecified atom stereocenters. The van der Waals surface area contributed by atoms with Crippen molar-refractivity contribution >= 4 is 55.5 Å². The zero-order valence-electron chi connectivity index (χ0n) is 26.4. The summed E-state index contributed by atoms with van der Waals surface area (Å²) in [5.74, 6) is 3.45. The van der Waals surface area contributed by atoms with Crippen LogP contribution in [-0.4, -0.2) is 54.3 Å². The van der Waals surface area contributed by atoms with E-state index in [1.54, 1.807) is 32.8 Å². The molecule has 0 fully saturated rings. The van der Waals surface area contributed by atoms with Crippen molar-refractivity contribution < 1.29 is 9.47 Å². The van der Waals surface area contributed by atoms with Gasteiger partial charge in [-0.3, -0.25) is 9.97 Å². The molecule has 0 aliphatic heterocycles. The minimum absolute atomic E-state index is 0.0208. The molecule has 0 radical (unpaired) electrons. The van der Waals surface area contributed by atoms with Crippen LogP contribution in [0.3, 0.4) is 0 Å². The van der Waals surface area contributed by atoms with Crippen LogP contribution >= 0.6 is 11.3 Å². The summed E-state index contributed by atoms with van der Waals surface area (Å²) < 4.78 is 10.8. The number of nitrogens with two attached hydrogens (primary N) is 1. The number of methoxy groups -OCH3 is 2. The molecular formula is C36H28N10O2S. The largest absolute Gasteiger partial charge is 0.497 e. The van der Waals surface area contributed by atoms with Gasteiger partial charge in [-0.1, -0.05) is 29.6 Å². The Balaban J connectivity index is 1.08. The summed E-state index contributed by atoms with van der Waals surface area (Å²) in [6.07, 6.45) is 14.3. The zero-order chi connectivity index (χ0) is 33.3. The summed E-state index contributed by atoms with van der Waals surface area (Å²) in [5.41, 5.74) is 11.3. The first kappa shape index (κ1) is 30.0. The number of fused-ring (bicyclic) bond motifs is 2. The number of hydrogen-bond donors (Lipinski definition) is 2. The van der Waals surface area contributed by atoms with E-state index in [-0.39, 0.29) is 5.92 Å². The Morgan fingerprint density at radius 1 is 0.776 bits per heavy atom. The number of benzene rings is 2. The number of allylic oxidation sites excluding steroid dienone is 4. The first-order chi connectivity index (χ1) is 24.0. The van der Waals surface area contributed by atoms with Crippen LogP contribution in [0.1, 0.15) is 22.9 Å². The van der Waals surface area contributed by atoms with Crippen molar-refractivity contribution in [3.05, 3.63) is 108 Å². The Morgan fingerprint density at radius 2 is 1.51 bits per heavy atom. The molecule has 49 heavy (non-hydrogen) atoms. The van der Waals surface area contributed by atoms with Gasteiger partial charge in [0.05, 0.1) is 25.3 Å². The molecule has 12 nitrogen and oxygen atoms in total. The second kappa shape index (κ2) is 12.7. The smallest absolute Gasteiger partial charge is 0.211 e. The number of nitrogen functional groups attached to an aromatic ring is 1. The summed E-state index contributed by atoms with van der Waals surface area (Å²) in [6.45, 7) is 0. The Hall–Kier alpha value is -6.34. The standard InChI is InChI=1S/C36H28N10O2S/c1-47-25-8-10-29-27(15-25)31(37)42-33(40-29)24-14-23(18-39-19-24)20-5-3-6-21(13-20)35-45-46-36(49-35)44-34-28-16-26(48-2)9-11-30(28)41-32(43-34)22-7-4-12-38-17-22/h3-5,7-19,21H,6H2,1-2H3,(H2,37,40,42)(H,41,43,44,46). The number of pyridine rings is 2. The summed E-state index contributed by atoms with van der Waals surface area (Å²) in [6, 6.07) is 17.1. The van der Waals surface area contributed by atoms with Gasteiger partial charge < -0.3 is 20.5 Å². The highest BCUT2D eigenvalue weighted by atomic mass is 32.1. The van der Waals surface area contributed by atoms with Crippen molar-refractivity contribution in [1.82, 2.24) is 40.1 Å². The molecule has 2 aromatic carbocycles. The fraction of sp³-hybridized carbons (Fsp3) is 0.111. The van der Waals surface area contributed by atoms with E-state index >= 15 is 0 Å². The van der Waals surface area contributed by atoms with E-state index in [9.17, 15) is 0 Å². The van der Waals surface area contributed by atoms with Gasteiger partial charge in [-0.25, -0.2) is 19.9 Å². The highest BCUT2D eigenvalue weighted by Gasteiger charge is 2.20. The lowest BCUT2D eigenvalue weighted by Gasteiger charge is -2.15. The van der Waals surface area contributed by atoms with Crippen molar-refractivity contribution in [2.75, 3.05) is 25.3 Å². The number of anilines is 3. The SMILES string of the molecule is COc1ccc2nc(-c3cncc(C4=CC(c5nnc(Nc6nc(-c7cccnc7)nc7ccc(OC)cc67)s5)CC=C4)c3)nc(N)c2c1. The average molecular weight is 665 g/mol. The Bertz CT molecular complexity index is 2410. The quantitative estimate of drug-likeness (QED) is 0.171. The monoisotopic (exact) mass is 664 g/mol. The highest BCUT2D eigenvalue weighted by Crippen LogP contribution is 2.37. The van der Waals surface area contributed by atoms with Crippen LogP contribution in [0.25, 0.3) is 50.2 Å². The van der Waals surface area contributed by atoms with Crippen LogP contribution in [0.4, 0.5) is 16.8 Å². The molecule has 240 valence electrons. The lowest BCUT2D eigenvalue weighted by Crippen LogP contribution is -2.01. The van der Waals surface area contributed by atoms with Crippen molar-refractivity contribution in [1.29, 1.82) is 0 Å². The van der Waals surface area contributed by atoms with Gasteiger partial charge in [0.25, 0.3) is 0 Å². The number of nitrogens with zero attached hydrogens (tertiary/aromatic N) is 8. The molecule has 1 aliphatic rings. The predicted octanol–water partition coefficient (Wildman–Crippen LogP) is 7.02. The van der Waals surface area contributed by atoms with Crippen LogP contribution in [0.5, 0.6) is 11.5 Å². The van der Waals surface area contributed by atoms with Crippen molar-refractivity contribution in [2.24, 2.45) is 0 Å². The van der Waals surface area contributed by atoms with Gasteiger partial charge in [-0.2, -0.15) is 0 Å². The van der Waals surface area contributed by atoms with E-state index < -0.39 is 0 Å². The van der Waals surface area contributed by atoms with E-state index in [4.69, 9.17) is 30.2 Å². The fourth-order valence-electron chi connectivity index (χ4n) is 5.64. The number of ether oxygens (including phenoxy) is 2. The van der Waals surface area contributed by atoms with Gasteiger partial charge in [-0.15, -0.1) is 10.2 Å². The minimum Gasteiger partial charge on any atom is -0.497 e. The molecule has 0 saturated heterocycles. The summed E-state index contributed by atoms with van der Waals surface area (Å²) in [7, 11) is 3.25. The van der Waals surface area contributed by atoms with E-state index in [0.717, 1.165) is 55.5 Å². The van der Waals surface area contributed by atoms with E-state index in [2.05, 4.69) is 48.7 Å². The molecule has 0 spiro atoms. The molecule has 5 heterocycles. The van der Waals surface area contributed by atoms with Gasteiger partial charge in [-0.05, 0) is 66.6 Å². The molecule has 1 aliphatic carbocycles. The van der Waals surface area contributed by atoms with Gasteiger partial charge in [0.15, 0.2) is 11.6 Å². The molecule has 8 rings (SSSR count). The maximum absolute atomic E-state index is 6.32. The maximum Gasteiger partial charge on any atom is 0.211 e. The Kier molecular flexibility index (Phi) is 7.78. The molecular weight excluding hydrogens is 637 g/mol. The van der Waals surface area contributed by atoms with Crippen molar-refractivity contribution in [3.8, 4) is 34.3 Å². The predicted molar refractivity (Wildman–Crippen MR) is 191 cm³/mol. The lowest BCUT2D eigenvalue weighted by atomic mass is 9.93. The topological polar surface area (TPSA) is 160 Å². The Morgan fingerprint density at radius 3 is 2.29 bits per heavy atom. The normalized spacial score (nSPS) is 14.2. The average Bonchev–Trinajstić information content (AvgIpc) is 3.63. The third-order valence-electron chi connectivity index (χ3n) is 8.14. The van der Waals surface area contributed by atoms with Crippen LogP contribution in [0.2, 0.25) is 0 Å². The van der Waals surface area contributed by atoms with E-state index in [1.165, 1.54) is 11.3 Å². The molecule has 3 N–H and O–H groups in total. The van der Waals surface area contributed by atoms with Crippen LogP contribution in [0, 0.1) is 0 Å². The molecule has 0 bridgehead atoms. The van der Waals surface area contributed by atoms with Gasteiger partial charge in [0.1, 0.15) is 28.1 Å². The molecule has 0 amide bonds. The van der Waals surface area contributed by atoms with Gasteiger partial charge in [0, 0.05) is 58.2 Å². The molecule has 0 saturated carbocycles. The lowest BCUT2D eigenvalue weighted by molar-refractivity contribution is 0.415. The number of aromatic nitrogens is 8. The molecule has 13 heteroatoms. The maximum atomic E-state index is 6.32. The van der Waals surface area contributed by atoms with E-state index in [0.29, 0.717) is 39.9 Å². The summed E-state index contributed by atoms with van der Waals surface area (Å²) in [5, 5.41) is 15.5. The number of hydrogen-bond acceptors (Lipinski definition) is 13. The Labute approximate surface area is 284 Å². The number of nitrogens with one attached hydrogen (secondary N) is 1. The third-order valence-corrected chi connectivity index (χ3v) is 9.11. The van der Waals surface area contributed by atoms with Crippen molar-refractivity contribution in [2.45, 2.75) is 12.3 Å². The number of rotatable bonds is 8. The van der Waals surface area contributed by atoms with Crippen molar-refractivity contribution in [3.63, 3.8) is 0 Å². The van der Waals surface area contributed by atoms with Crippen LogP contribution in [0.15, 0.2) is 97.6 Å². The van der Waals surface area contributed by atoms with Crippen LogP contribution < -0.4 is 20.5 Å². The summed E-state index contributed by atoms with van der Waals surface area (Å²) in [4.78, 5) is 27.7. The highest BCUT2D eigenvalue weighted by molar-refractivity contribution is 7.15. The second-order valence-corrected chi connectivity index (χ2v) is 12.2. The fourth-order valence-corrected chi connectivity index (χ4v) is 6.47. The first-order valence-electron chi connectivity index (χ1n) is 15.4. The zero-order valence-corrected chi connectivity index (χ0v) is 27.2. The van der Waals surface area contributed by atoms with Gasteiger partial charge >= 0.3 is 0 Å². The molecule has 7 aromatic rings. The third kappa shape index (κ3) is 5.98. The second-order valence-electron chi connectivity index (χ2n) is 11.2. The minimum atomic E-state index is 0.0208. The molecule has 5 aromatic heterocycles. The van der Waals surface area contributed by atoms with Gasteiger partial charge in [0.2, 0.25) is 5.13 Å². The first-order valence-corrected chi connectivity index (χ1v) is 16.2. The van der Waals surface area contributed by atoms with E-state index in [1.807, 2.05) is 60.8 Å². The van der Waals surface area contributed by atoms with Crippen LogP contribution in [-0.2, 0) is 0 Å². The summed E-state index contributed by atoms with van der Waals surface area (Å²) >= 11 is 1.48. The molecule has 1 atom stereocenters.